The summed E-state index contributed by atoms with van der Waals surface area (Å²) < 4.78 is 0. The topological polar surface area (TPSA) is 32.3 Å². The van der Waals surface area contributed by atoms with Crippen molar-refractivity contribution >= 4 is 17.2 Å². The summed E-state index contributed by atoms with van der Waals surface area (Å²) in [7, 11) is 4.01. The van der Waals surface area contributed by atoms with Gasteiger partial charge in [-0.15, -0.1) is 0 Å². The molecule has 0 atom stereocenters. The number of anilines is 2. The van der Waals surface area contributed by atoms with Gasteiger partial charge in [-0.1, -0.05) is 45.0 Å². The van der Waals surface area contributed by atoms with Crippen molar-refractivity contribution in [3.8, 4) is 0 Å². The Morgan fingerprint density at radius 3 is 2.04 bits per heavy atom. The molecule has 0 spiro atoms. The van der Waals surface area contributed by atoms with Gasteiger partial charge in [0.1, 0.15) is 0 Å². The van der Waals surface area contributed by atoms with Crippen molar-refractivity contribution in [3.05, 3.63) is 71.9 Å². The predicted molar refractivity (Wildman–Crippen MR) is 103 cm³/mol. The predicted octanol–water partition coefficient (Wildman–Crippen LogP) is 4.86. The molecule has 0 amide bonds. The van der Waals surface area contributed by atoms with Crippen molar-refractivity contribution < 1.29 is 4.79 Å². The Morgan fingerprint density at radius 1 is 0.958 bits per heavy atom. The Kier molecular flexibility index (Phi) is 5.45. The van der Waals surface area contributed by atoms with Gasteiger partial charge in [0.15, 0.2) is 5.78 Å². The van der Waals surface area contributed by atoms with Crippen LogP contribution < -0.4 is 10.2 Å². The zero-order valence-electron chi connectivity index (χ0n) is 15.1. The molecule has 0 aliphatic rings. The number of rotatable bonds is 5. The summed E-state index contributed by atoms with van der Waals surface area (Å²) in [5.74, 6) is -0.00660. The average molecular weight is 322 g/mol. The van der Waals surface area contributed by atoms with E-state index in [9.17, 15) is 4.79 Å². The average Bonchev–Trinajstić information content (AvgIpc) is 2.54. The lowest BCUT2D eigenvalue weighted by Gasteiger charge is -2.18. The lowest BCUT2D eigenvalue weighted by Crippen LogP contribution is -2.11. The van der Waals surface area contributed by atoms with Gasteiger partial charge in [-0.25, -0.2) is 0 Å². The molecule has 0 heterocycles. The first-order chi connectivity index (χ1) is 11.3. The maximum absolute atomic E-state index is 12.2. The van der Waals surface area contributed by atoms with Gasteiger partial charge in [0.2, 0.25) is 0 Å². The quantitative estimate of drug-likeness (QED) is 0.630. The molecule has 0 saturated carbocycles. The molecule has 0 fully saturated rings. The fourth-order valence-electron chi connectivity index (χ4n) is 2.30. The van der Waals surface area contributed by atoms with Crippen LogP contribution in [-0.4, -0.2) is 19.9 Å². The number of nitrogens with zero attached hydrogens (tertiary/aromatic N) is 1. The van der Waals surface area contributed by atoms with Crippen LogP contribution in [0, 0.1) is 0 Å². The van der Waals surface area contributed by atoms with E-state index in [1.807, 2.05) is 67.5 Å². The minimum Gasteiger partial charge on any atom is -0.378 e. The van der Waals surface area contributed by atoms with Crippen molar-refractivity contribution in [2.75, 3.05) is 24.3 Å². The molecule has 2 aromatic rings. The Bertz CT molecular complexity index is 705. The van der Waals surface area contributed by atoms with E-state index in [1.54, 1.807) is 12.3 Å². The third-order valence-corrected chi connectivity index (χ3v) is 3.90. The van der Waals surface area contributed by atoms with Gasteiger partial charge in [-0.05, 0) is 35.2 Å². The number of carbonyl (C=O) groups excluding carboxylic acids is 1. The molecule has 0 bridgehead atoms. The van der Waals surface area contributed by atoms with Crippen molar-refractivity contribution in [3.63, 3.8) is 0 Å². The van der Waals surface area contributed by atoms with Crippen LogP contribution in [0.5, 0.6) is 0 Å². The third kappa shape index (κ3) is 4.72. The first-order valence-corrected chi connectivity index (χ1v) is 8.13. The highest BCUT2D eigenvalue weighted by Gasteiger charge is 2.13. The molecular weight excluding hydrogens is 296 g/mol. The van der Waals surface area contributed by atoms with Gasteiger partial charge in [0, 0.05) is 43.3 Å². The number of carbonyl (C=O) groups is 1. The second-order valence-electron chi connectivity index (χ2n) is 7.11. The highest BCUT2D eigenvalue weighted by Crippen LogP contribution is 2.22. The molecule has 0 saturated heterocycles. The Labute approximate surface area is 145 Å². The van der Waals surface area contributed by atoms with Crippen molar-refractivity contribution in [2.24, 2.45) is 0 Å². The lowest BCUT2D eigenvalue weighted by molar-refractivity contribution is 0.104. The summed E-state index contributed by atoms with van der Waals surface area (Å²) >= 11 is 0. The molecule has 2 aromatic carbocycles. The van der Waals surface area contributed by atoms with Crippen LogP contribution in [0.3, 0.4) is 0 Å². The van der Waals surface area contributed by atoms with Crippen LogP contribution in [-0.2, 0) is 5.41 Å². The van der Waals surface area contributed by atoms with Crippen molar-refractivity contribution in [1.29, 1.82) is 0 Å². The van der Waals surface area contributed by atoms with Crippen LogP contribution in [0.2, 0.25) is 0 Å². The van der Waals surface area contributed by atoms with Gasteiger partial charge >= 0.3 is 0 Å². The van der Waals surface area contributed by atoms with Gasteiger partial charge < -0.3 is 10.2 Å². The van der Waals surface area contributed by atoms with Crippen LogP contribution >= 0.6 is 0 Å². The normalized spacial score (nSPS) is 11.5. The molecule has 1 N–H and O–H groups in total. The van der Waals surface area contributed by atoms with Crippen LogP contribution in [0.1, 0.15) is 36.7 Å². The van der Waals surface area contributed by atoms with E-state index in [0.29, 0.717) is 5.56 Å². The number of allylic oxidation sites excluding steroid dienone is 1. The summed E-state index contributed by atoms with van der Waals surface area (Å²) in [6, 6.07) is 15.9. The van der Waals surface area contributed by atoms with E-state index in [1.165, 1.54) is 5.56 Å². The molecule has 3 nitrogen and oxygen atoms in total. The van der Waals surface area contributed by atoms with Gasteiger partial charge in [0.05, 0.1) is 0 Å². The molecule has 0 aromatic heterocycles. The maximum atomic E-state index is 12.2. The summed E-state index contributed by atoms with van der Waals surface area (Å²) in [6.07, 6.45) is 3.25. The Morgan fingerprint density at radius 2 is 1.54 bits per heavy atom. The van der Waals surface area contributed by atoms with Gasteiger partial charge in [-0.2, -0.15) is 0 Å². The van der Waals surface area contributed by atoms with E-state index in [2.05, 4.69) is 26.1 Å². The SMILES string of the molecule is CN(C)c1ccc(NC=CC(=O)c2ccc(C(C)(C)C)cc2)cc1. The summed E-state index contributed by atoms with van der Waals surface area (Å²) in [5.41, 5.74) is 4.11. The molecule has 0 aliphatic heterocycles. The molecule has 24 heavy (non-hydrogen) atoms. The lowest BCUT2D eigenvalue weighted by atomic mass is 9.86. The zero-order chi connectivity index (χ0) is 17.7. The summed E-state index contributed by atoms with van der Waals surface area (Å²) in [6.45, 7) is 6.49. The largest absolute Gasteiger partial charge is 0.378 e. The second kappa shape index (κ2) is 7.35. The summed E-state index contributed by atoms with van der Waals surface area (Å²) in [5, 5.41) is 3.13. The molecule has 0 aliphatic carbocycles. The van der Waals surface area contributed by atoms with Crippen LogP contribution in [0.25, 0.3) is 0 Å². The standard InChI is InChI=1S/C21H26N2O/c1-21(2,3)17-8-6-16(7-9-17)20(24)14-15-22-18-10-12-19(13-11-18)23(4)5/h6-15,22H,1-5H3. The van der Waals surface area contributed by atoms with E-state index >= 15 is 0 Å². The van der Waals surface area contributed by atoms with E-state index in [0.717, 1.165) is 11.4 Å². The molecule has 2 rings (SSSR count). The molecular formula is C21H26N2O. The summed E-state index contributed by atoms with van der Waals surface area (Å²) in [4.78, 5) is 14.3. The Balaban J connectivity index is 1.97. The fourth-order valence-corrected chi connectivity index (χ4v) is 2.30. The second-order valence-corrected chi connectivity index (χ2v) is 7.11. The minimum atomic E-state index is -0.00660. The molecule has 0 unspecified atom stereocenters. The van der Waals surface area contributed by atoms with E-state index in [-0.39, 0.29) is 11.2 Å². The highest BCUT2D eigenvalue weighted by molar-refractivity contribution is 6.04. The van der Waals surface area contributed by atoms with Crippen LogP contribution in [0.4, 0.5) is 11.4 Å². The minimum absolute atomic E-state index is 0.00660. The number of hydrogen-bond donors (Lipinski definition) is 1. The smallest absolute Gasteiger partial charge is 0.187 e. The first kappa shape index (κ1) is 17.8. The zero-order valence-corrected chi connectivity index (χ0v) is 15.1. The first-order valence-electron chi connectivity index (χ1n) is 8.13. The number of hydrogen-bond acceptors (Lipinski definition) is 3. The maximum Gasteiger partial charge on any atom is 0.187 e. The molecule has 0 radical (unpaired) electrons. The molecule has 3 heteroatoms. The molecule has 126 valence electrons. The van der Waals surface area contributed by atoms with Crippen molar-refractivity contribution in [1.82, 2.24) is 0 Å². The third-order valence-electron chi connectivity index (χ3n) is 3.90. The number of nitrogens with one attached hydrogen (secondary N) is 1. The highest BCUT2D eigenvalue weighted by atomic mass is 16.1. The van der Waals surface area contributed by atoms with Gasteiger partial charge in [0.25, 0.3) is 0 Å². The fraction of sp³-hybridized carbons (Fsp3) is 0.286. The Hall–Kier alpha value is -2.55. The van der Waals surface area contributed by atoms with Gasteiger partial charge in [-0.3, -0.25) is 4.79 Å². The van der Waals surface area contributed by atoms with Crippen LogP contribution in [0.15, 0.2) is 60.8 Å². The van der Waals surface area contributed by atoms with E-state index in [4.69, 9.17) is 0 Å². The number of ketones is 1. The van der Waals surface area contributed by atoms with Crippen molar-refractivity contribution in [2.45, 2.75) is 26.2 Å². The monoisotopic (exact) mass is 322 g/mol. The number of benzene rings is 2. The van der Waals surface area contributed by atoms with E-state index < -0.39 is 0 Å².